The highest BCUT2D eigenvalue weighted by atomic mass is 32.2. The van der Waals surface area contributed by atoms with Crippen LogP contribution in [-0.4, -0.2) is 21.4 Å². The molecule has 0 aromatic heterocycles. The third-order valence-electron chi connectivity index (χ3n) is 3.73. The summed E-state index contributed by atoms with van der Waals surface area (Å²) in [6.45, 7) is 16.5. The molecular formula is C20H29NO2S2. The van der Waals surface area contributed by atoms with Crippen LogP contribution in [0.1, 0.15) is 77.7 Å². The van der Waals surface area contributed by atoms with Crippen molar-refractivity contribution in [2.75, 3.05) is 4.90 Å². The van der Waals surface area contributed by atoms with E-state index in [2.05, 4.69) is 46.8 Å². The van der Waals surface area contributed by atoms with Crippen LogP contribution in [0.3, 0.4) is 0 Å². The van der Waals surface area contributed by atoms with Gasteiger partial charge in [0.05, 0.1) is 10.9 Å². The molecule has 0 saturated carbocycles. The van der Waals surface area contributed by atoms with Gasteiger partial charge in [0.1, 0.15) is 10.6 Å². The van der Waals surface area contributed by atoms with Gasteiger partial charge in [-0.1, -0.05) is 59.0 Å². The Bertz CT molecular complexity index is 684. The summed E-state index contributed by atoms with van der Waals surface area (Å²) >= 11 is 7.50. The fraction of sp³-hybridized carbons (Fsp3) is 0.600. The molecule has 2 rings (SSSR count). The van der Waals surface area contributed by atoms with E-state index in [1.165, 1.54) is 5.56 Å². The Hall–Kier alpha value is -1.07. The van der Waals surface area contributed by atoms with Crippen molar-refractivity contribution < 1.29 is 9.53 Å². The van der Waals surface area contributed by atoms with E-state index in [0.29, 0.717) is 10.9 Å². The average molecular weight is 380 g/mol. The van der Waals surface area contributed by atoms with E-state index >= 15 is 0 Å². The lowest BCUT2D eigenvalue weighted by molar-refractivity contribution is 0.0605. The van der Waals surface area contributed by atoms with Gasteiger partial charge in [0.25, 0.3) is 0 Å². The van der Waals surface area contributed by atoms with Gasteiger partial charge in [-0.05, 0) is 43.9 Å². The zero-order valence-electron chi connectivity index (χ0n) is 16.5. The van der Waals surface area contributed by atoms with E-state index in [1.54, 1.807) is 16.7 Å². The maximum Gasteiger partial charge on any atom is 0.419 e. The van der Waals surface area contributed by atoms with Crippen LogP contribution in [-0.2, 0) is 4.74 Å². The maximum absolute atomic E-state index is 12.8. The summed E-state index contributed by atoms with van der Waals surface area (Å²) in [7, 11) is 0. The van der Waals surface area contributed by atoms with Crippen molar-refractivity contribution in [1.82, 2.24) is 0 Å². The number of hydrogen-bond acceptors (Lipinski definition) is 4. The van der Waals surface area contributed by atoms with Gasteiger partial charge in [0, 0.05) is 4.75 Å². The van der Waals surface area contributed by atoms with Gasteiger partial charge in [0.15, 0.2) is 0 Å². The molecule has 1 atom stereocenters. The average Bonchev–Trinajstić information content (AvgIpc) is 2.67. The highest BCUT2D eigenvalue weighted by Crippen LogP contribution is 2.49. The number of benzene rings is 1. The van der Waals surface area contributed by atoms with E-state index in [-0.39, 0.29) is 10.00 Å². The molecule has 5 heteroatoms. The minimum absolute atomic E-state index is 0.0174. The Kier molecular flexibility index (Phi) is 5.60. The normalized spacial score (nSPS) is 17.9. The van der Waals surface area contributed by atoms with E-state index in [1.807, 2.05) is 26.8 Å². The molecule has 1 aromatic rings. The number of anilines is 1. The quantitative estimate of drug-likeness (QED) is 0.551. The van der Waals surface area contributed by atoms with Crippen LogP contribution >= 0.6 is 24.0 Å². The van der Waals surface area contributed by atoms with E-state index in [9.17, 15) is 4.79 Å². The van der Waals surface area contributed by atoms with Crippen LogP contribution in [0.2, 0.25) is 0 Å². The van der Waals surface area contributed by atoms with E-state index in [0.717, 1.165) is 11.3 Å². The minimum atomic E-state index is -0.556. The number of hydrogen-bond donors (Lipinski definition) is 0. The Labute approximate surface area is 161 Å². The number of carbonyl (C=O) groups is 1. The van der Waals surface area contributed by atoms with Crippen molar-refractivity contribution in [2.24, 2.45) is 0 Å². The van der Waals surface area contributed by atoms with Crippen molar-refractivity contribution in [3.8, 4) is 0 Å². The first-order valence-electron chi connectivity index (χ1n) is 8.69. The number of rotatable bonds is 2. The van der Waals surface area contributed by atoms with Crippen LogP contribution in [0.5, 0.6) is 0 Å². The first-order valence-corrected chi connectivity index (χ1v) is 9.97. The predicted molar refractivity (Wildman–Crippen MR) is 112 cm³/mol. The second-order valence-electron chi connectivity index (χ2n) is 8.74. The smallest absolute Gasteiger partial charge is 0.419 e. The molecule has 0 radical (unpaired) electrons. The Morgan fingerprint density at radius 3 is 2.28 bits per heavy atom. The number of thiocarbonyl (C=S) groups is 1. The summed E-state index contributed by atoms with van der Waals surface area (Å²) in [5.41, 5.74) is 2.67. The number of nitrogens with zero attached hydrogens (tertiary/aromatic N) is 1. The van der Waals surface area contributed by atoms with Crippen molar-refractivity contribution in [2.45, 2.75) is 76.9 Å². The number of fused-ring (bicyclic) bond motifs is 1. The first kappa shape index (κ1) is 20.2. The third-order valence-corrected chi connectivity index (χ3v) is 5.72. The van der Waals surface area contributed by atoms with Gasteiger partial charge in [-0.3, -0.25) is 0 Å². The van der Waals surface area contributed by atoms with Gasteiger partial charge in [-0.2, -0.15) is 0 Å². The van der Waals surface area contributed by atoms with Gasteiger partial charge < -0.3 is 4.74 Å². The van der Waals surface area contributed by atoms with Gasteiger partial charge in [0.2, 0.25) is 0 Å². The summed E-state index contributed by atoms with van der Waals surface area (Å²) in [5, 5.41) is -0.0174. The lowest BCUT2D eigenvalue weighted by Gasteiger charge is -2.26. The number of ether oxygens (including phenoxy) is 1. The SMILES string of the molecule is CC(C)c1ccc2c(c1)C(SC(C)(C)C)C(=S)N2C(=O)OC(C)(C)C. The Morgan fingerprint density at radius 1 is 1.20 bits per heavy atom. The van der Waals surface area contributed by atoms with Gasteiger partial charge in [-0.15, -0.1) is 11.8 Å². The molecular weight excluding hydrogens is 350 g/mol. The zero-order chi connectivity index (χ0) is 19.2. The predicted octanol–water partition coefficient (Wildman–Crippen LogP) is 6.47. The summed E-state index contributed by atoms with van der Waals surface area (Å²) in [5.74, 6) is 0.426. The Balaban J connectivity index is 2.49. The van der Waals surface area contributed by atoms with Crippen molar-refractivity contribution >= 4 is 40.7 Å². The van der Waals surface area contributed by atoms with Crippen LogP contribution in [0.4, 0.5) is 10.5 Å². The number of carbonyl (C=O) groups excluding carboxylic acids is 1. The standard InChI is InChI=1S/C20H29NO2S2/c1-12(2)13-9-10-15-14(11-13)16(25-20(6,7)8)17(24)21(15)18(22)23-19(3,4)5/h9-12,16H,1-8H3. The number of thioether (sulfide) groups is 1. The van der Waals surface area contributed by atoms with Crippen LogP contribution in [0.25, 0.3) is 0 Å². The molecule has 0 N–H and O–H groups in total. The van der Waals surface area contributed by atoms with Crippen LogP contribution in [0, 0.1) is 0 Å². The highest BCUT2D eigenvalue weighted by molar-refractivity contribution is 8.02. The lowest BCUT2D eigenvalue weighted by Crippen LogP contribution is -2.38. The maximum atomic E-state index is 12.8. The summed E-state index contributed by atoms with van der Waals surface area (Å²) in [6, 6.07) is 6.28. The fourth-order valence-electron chi connectivity index (χ4n) is 2.68. The van der Waals surface area contributed by atoms with Gasteiger partial charge in [-0.25, -0.2) is 9.69 Å². The van der Waals surface area contributed by atoms with Crippen molar-refractivity contribution in [3.05, 3.63) is 29.3 Å². The molecule has 138 valence electrons. The third kappa shape index (κ3) is 4.76. The minimum Gasteiger partial charge on any atom is -0.443 e. The molecule has 1 aromatic carbocycles. The lowest BCUT2D eigenvalue weighted by atomic mass is 9.99. The first-order chi connectivity index (χ1) is 11.3. The van der Waals surface area contributed by atoms with Gasteiger partial charge >= 0.3 is 6.09 Å². The molecule has 3 nitrogen and oxygen atoms in total. The molecule has 0 bridgehead atoms. The second-order valence-corrected chi connectivity index (χ2v) is 11.1. The molecule has 0 spiro atoms. The summed E-state index contributed by atoms with van der Waals surface area (Å²) in [4.78, 5) is 15.0. The zero-order valence-corrected chi connectivity index (χ0v) is 18.1. The Morgan fingerprint density at radius 2 is 1.80 bits per heavy atom. The number of amides is 1. The fourth-order valence-corrected chi connectivity index (χ4v) is 4.35. The molecule has 1 heterocycles. The summed E-state index contributed by atoms with van der Waals surface area (Å²) in [6.07, 6.45) is -0.395. The molecule has 1 amide bonds. The molecule has 0 fully saturated rings. The topological polar surface area (TPSA) is 29.5 Å². The molecule has 0 aliphatic carbocycles. The monoisotopic (exact) mass is 379 g/mol. The van der Waals surface area contributed by atoms with Crippen LogP contribution < -0.4 is 4.90 Å². The van der Waals surface area contributed by atoms with Crippen LogP contribution in [0.15, 0.2) is 18.2 Å². The summed E-state index contributed by atoms with van der Waals surface area (Å²) < 4.78 is 5.63. The van der Waals surface area contributed by atoms with E-state index < -0.39 is 11.7 Å². The molecule has 1 unspecified atom stereocenters. The van der Waals surface area contributed by atoms with E-state index in [4.69, 9.17) is 17.0 Å². The molecule has 0 saturated heterocycles. The second kappa shape index (κ2) is 6.92. The molecule has 1 aliphatic rings. The molecule has 25 heavy (non-hydrogen) atoms. The largest absolute Gasteiger partial charge is 0.443 e. The van der Waals surface area contributed by atoms with Crippen molar-refractivity contribution in [3.63, 3.8) is 0 Å². The highest BCUT2D eigenvalue weighted by Gasteiger charge is 2.41. The molecule has 1 aliphatic heterocycles. The van der Waals surface area contributed by atoms with Crippen molar-refractivity contribution in [1.29, 1.82) is 0 Å².